The quantitative estimate of drug-likeness (QED) is 0.0222. The van der Waals surface area contributed by atoms with E-state index in [0.29, 0.717) is 25.7 Å². The molecule has 0 rings (SSSR count). The van der Waals surface area contributed by atoms with Crippen molar-refractivity contribution in [3.63, 3.8) is 0 Å². The van der Waals surface area contributed by atoms with E-state index in [4.69, 9.17) is 37.0 Å². The first-order chi connectivity index (χ1) is 44.9. The Labute approximate surface area is 568 Å². The summed E-state index contributed by atoms with van der Waals surface area (Å²) in [7, 11) is -9.91. The van der Waals surface area contributed by atoms with Gasteiger partial charge in [-0.2, -0.15) is 0 Å². The highest BCUT2D eigenvalue weighted by molar-refractivity contribution is 7.47. The van der Waals surface area contributed by atoms with E-state index < -0.39 is 97.5 Å². The van der Waals surface area contributed by atoms with Crippen LogP contribution in [-0.2, 0) is 65.4 Å². The molecule has 3 N–H and O–H groups in total. The fourth-order valence-electron chi connectivity index (χ4n) is 11.3. The summed E-state index contributed by atoms with van der Waals surface area (Å²) >= 11 is 0. The molecule has 0 amide bonds. The third-order valence-corrected chi connectivity index (χ3v) is 19.5. The number of unbranched alkanes of at least 4 members (excludes halogenated alkanes) is 42. The maximum Gasteiger partial charge on any atom is 0.472 e. The number of rotatable bonds is 73. The third-order valence-electron chi connectivity index (χ3n) is 17.6. The second-order valence-corrected chi connectivity index (χ2v) is 30.3. The third kappa shape index (κ3) is 67.0. The summed E-state index contributed by atoms with van der Waals surface area (Å²) < 4.78 is 68.5. The van der Waals surface area contributed by atoms with Crippen molar-refractivity contribution in [1.82, 2.24) is 0 Å². The molecule has 0 bridgehead atoms. The molecular weight excluding hydrogens is 1220 g/mol. The van der Waals surface area contributed by atoms with E-state index in [0.717, 1.165) is 102 Å². The number of carbonyl (C=O) groups is 4. The summed E-state index contributed by atoms with van der Waals surface area (Å²) in [6.45, 7) is 9.59. The van der Waals surface area contributed by atoms with Crippen molar-refractivity contribution in [2.24, 2.45) is 11.8 Å². The first kappa shape index (κ1) is 91.1. The van der Waals surface area contributed by atoms with Gasteiger partial charge < -0.3 is 33.8 Å². The number of esters is 4. The van der Waals surface area contributed by atoms with Crippen LogP contribution < -0.4 is 0 Å². The SMILES string of the molecule is CCCCCCCCCCCCCCCCCC(=O)O[C@H](COC(=O)CCCCCCCCCCCCC(C)CC)COP(=O)(O)OC[C@@H](O)COP(=O)(O)OC[C@@H](COC(=O)CCCCCCCCCCCCCC)OC(=O)CCCCCCCCCCCC(C)C. The van der Waals surface area contributed by atoms with E-state index in [2.05, 4.69) is 41.5 Å². The molecule has 0 aliphatic rings. The Kier molecular flexibility index (Phi) is 64.6. The van der Waals surface area contributed by atoms with Crippen molar-refractivity contribution in [1.29, 1.82) is 0 Å². The van der Waals surface area contributed by atoms with E-state index in [1.54, 1.807) is 0 Å². The molecular formula is C74H144O17P2. The molecule has 6 atom stereocenters. The molecule has 0 aromatic heterocycles. The van der Waals surface area contributed by atoms with Crippen LogP contribution in [0.1, 0.15) is 382 Å². The van der Waals surface area contributed by atoms with Crippen molar-refractivity contribution in [2.45, 2.75) is 400 Å². The van der Waals surface area contributed by atoms with Crippen molar-refractivity contribution in [3.8, 4) is 0 Å². The predicted octanol–water partition coefficient (Wildman–Crippen LogP) is 21.6. The number of hydrogen-bond donors (Lipinski definition) is 3. The van der Waals surface area contributed by atoms with E-state index in [1.807, 2.05) is 0 Å². The van der Waals surface area contributed by atoms with Crippen molar-refractivity contribution >= 4 is 39.5 Å². The Balaban J connectivity index is 5.27. The van der Waals surface area contributed by atoms with Crippen LogP contribution in [0.25, 0.3) is 0 Å². The number of aliphatic hydroxyl groups excluding tert-OH is 1. The fourth-order valence-corrected chi connectivity index (χ4v) is 12.8. The highest BCUT2D eigenvalue weighted by atomic mass is 31.2. The summed E-state index contributed by atoms with van der Waals surface area (Å²) in [5.74, 6) is -0.570. The first-order valence-corrected chi connectivity index (χ1v) is 41.5. The Bertz CT molecular complexity index is 1810. The minimum atomic E-state index is -4.96. The zero-order valence-corrected chi connectivity index (χ0v) is 62.3. The van der Waals surface area contributed by atoms with Gasteiger partial charge >= 0.3 is 39.5 Å². The maximum atomic E-state index is 13.1. The van der Waals surface area contributed by atoms with Crippen LogP contribution in [0, 0.1) is 11.8 Å². The van der Waals surface area contributed by atoms with Crippen molar-refractivity contribution < 1.29 is 80.2 Å². The monoisotopic (exact) mass is 1370 g/mol. The summed E-state index contributed by atoms with van der Waals surface area (Å²) in [4.78, 5) is 72.8. The first-order valence-electron chi connectivity index (χ1n) is 38.5. The smallest absolute Gasteiger partial charge is 0.462 e. The van der Waals surface area contributed by atoms with Crippen LogP contribution >= 0.6 is 15.6 Å². The lowest BCUT2D eigenvalue weighted by atomic mass is 9.99. The van der Waals surface area contributed by atoms with Gasteiger partial charge in [-0.05, 0) is 37.5 Å². The molecule has 19 heteroatoms. The van der Waals surface area contributed by atoms with Crippen molar-refractivity contribution in [3.05, 3.63) is 0 Å². The van der Waals surface area contributed by atoms with Gasteiger partial charge in [-0.15, -0.1) is 0 Å². The minimum absolute atomic E-state index is 0.106. The van der Waals surface area contributed by atoms with E-state index in [9.17, 15) is 43.2 Å². The van der Waals surface area contributed by atoms with Gasteiger partial charge in [0.15, 0.2) is 12.2 Å². The van der Waals surface area contributed by atoms with Gasteiger partial charge in [0, 0.05) is 25.7 Å². The topological polar surface area (TPSA) is 237 Å². The van der Waals surface area contributed by atoms with Crippen LogP contribution in [-0.4, -0.2) is 96.7 Å². The normalized spacial score (nSPS) is 14.3. The van der Waals surface area contributed by atoms with Crippen molar-refractivity contribution in [2.75, 3.05) is 39.6 Å². The Morgan fingerprint density at radius 2 is 0.548 bits per heavy atom. The second kappa shape index (κ2) is 66.0. The van der Waals surface area contributed by atoms with E-state index in [1.165, 1.54) is 199 Å². The number of aliphatic hydroxyl groups is 1. The number of hydrogen-bond acceptors (Lipinski definition) is 15. The molecule has 0 saturated carbocycles. The zero-order chi connectivity index (χ0) is 68.6. The lowest BCUT2D eigenvalue weighted by Gasteiger charge is -2.21. The maximum absolute atomic E-state index is 13.1. The molecule has 93 heavy (non-hydrogen) atoms. The summed E-state index contributed by atoms with van der Waals surface area (Å²) in [5, 5.41) is 10.6. The molecule has 0 aliphatic carbocycles. The number of phosphoric ester groups is 2. The summed E-state index contributed by atoms with van der Waals surface area (Å²) in [6, 6.07) is 0. The minimum Gasteiger partial charge on any atom is -0.462 e. The number of carbonyl (C=O) groups excluding carboxylic acids is 4. The molecule has 0 aromatic carbocycles. The standard InChI is InChI=1S/C74H144O17P2/c1-7-10-12-14-16-18-20-22-23-24-26-34-40-46-52-58-73(78)90-69(62-85-72(77)57-51-45-39-33-28-27-31-37-43-49-55-67(6)9-3)64-88-92(80,81)86-60-68(75)61-87-93(82,83)89-65-70(91-74(79)59-53-47-41-35-29-30-36-42-48-54-66(4)5)63-84-71(76)56-50-44-38-32-25-21-19-17-15-13-11-8-2/h66-70,75H,7-65H2,1-6H3,(H,80,81)(H,82,83)/t67?,68-,69-,70-/m1/s1. The molecule has 3 unspecified atom stereocenters. The van der Waals surface area contributed by atoms with Gasteiger partial charge in [0.25, 0.3) is 0 Å². The van der Waals surface area contributed by atoms with E-state index in [-0.39, 0.29) is 25.7 Å². The predicted molar refractivity (Wildman–Crippen MR) is 377 cm³/mol. The summed E-state index contributed by atoms with van der Waals surface area (Å²) in [5.41, 5.74) is 0. The van der Waals surface area contributed by atoms with Gasteiger partial charge in [-0.3, -0.25) is 37.3 Å². The van der Waals surface area contributed by atoms with E-state index >= 15 is 0 Å². The van der Waals surface area contributed by atoms with Crippen LogP contribution in [0.4, 0.5) is 0 Å². The molecule has 0 fully saturated rings. The van der Waals surface area contributed by atoms with Crippen LogP contribution in [0.5, 0.6) is 0 Å². The zero-order valence-electron chi connectivity index (χ0n) is 60.6. The molecule has 552 valence electrons. The Hall–Kier alpha value is -1.94. The molecule has 0 spiro atoms. The Morgan fingerprint density at radius 1 is 0.312 bits per heavy atom. The van der Waals surface area contributed by atoms with Gasteiger partial charge in [0.05, 0.1) is 26.4 Å². The highest BCUT2D eigenvalue weighted by Crippen LogP contribution is 2.45. The van der Waals surface area contributed by atoms with Gasteiger partial charge in [0.1, 0.15) is 19.3 Å². The fraction of sp³-hybridized carbons (Fsp3) is 0.946. The largest absolute Gasteiger partial charge is 0.472 e. The number of ether oxygens (including phenoxy) is 4. The van der Waals surface area contributed by atoms with Gasteiger partial charge in [-0.1, -0.05) is 330 Å². The average molecular weight is 1370 g/mol. The van der Waals surface area contributed by atoms with Crippen LogP contribution in [0.3, 0.4) is 0 Å². The average Bonchev–Trinajstić information content (AvgIpc) is 1.61. The van der Waals surface area contributed by atoms with Gasteiger partial charge in [0.2, 0.25) is 0 Å². The molecule has 0 saturated heterocycles. The molecule has 0 radical (unpaired) electrons. The van der Waals surface area contributed by atoms with Crippen LogP contribution in [0.2, 0.25) is 0 Å². The Morgan fingerprint density at radius 3 is 0.817 bits per heavy atom. The lowest BCUT2D eigenvalue weighted by molar-refractivity contribution is -0.161. The highest BCUT2D eigenvalue weighted by Gasteiger charge is 2.30. The lowest BCUT2D eigenvalue weighted by Crippen LogP contribution is -2.30. The molecule has 0 heterocycles. The second-order valence-electron chi connectivity index (χ2n) is 27.4. The molecule has 0 aromatic rings. The molecule has 17 nitrogen and oxygen atoms in total. The number of phosphoric acid groups is 2. The molecule has 0 aliphatic heterocycles. The summed E-state index contributed by atoms with van der Waals surface area (Å²) in [6.07, 6.45) is 52.5. The van der Waals surface area contributed by atoms with Crippen LogP contribution in [0.15, 0.2) is 0 Å². The van der Waals surface area contributed by atoms with Gasteiger partial charge in [-0.25, -0.2) is 9.13 Å².